The predicted molar refractivity (Wildman–Crippen MR) is 148 cm³/mol. The standard InChI is InChI=1S/C30H32N6O3/c1-5-27(37)36-15-24-26(16-36)39-30(34-24)21-10-6-8-19(17(21)2)20-9-7-11-22(18(20)3)33-29(38)28-32-23-14-31-13-12-25(23)35(28)4/h6-11,31H,5,12-16H2,1-4H3,(H,33,38). The van der Waals surface area contributed by atoms with Crippen molar-refractivity contribution >= 4 is 17.5 Å². The Morgan fingerprint density at radius 2 is 1.74 bits per heavy atom. The fraction of sp³-hybridized carbons (Fsp3) is 0.333. The van der Waals surface area contributed by atoms with Crippen LogP contribution in [0.2, 0.25) is 0 Å². The number of imidazole rings is 1. The summed E-state index contributed by atoms with van der Waals surface area (Å²) in [5.74, 6) is 1.62. The van der Waals surface area contributed by atoms with Gasteiger partial charge in [0, 0.05) is 49.9 Å². The van der Waals surface area contributed by atoms with Crippen LogP contribution in [0.1, 0.15) is 57.9 Å². The first kappa shape index (κ1) is 25.1. The Labute approximate surface area is 227 Å². The van der Waals surface area contributed by atoms with Crippen molar-refractivity contribution < 1.29 is 14.0 Å². The zero-order valence-corrected chi connectivity index (χ0v) is 22.7. The molecule has 0 aliphatic carbocycles. The highest BCUT2D eigenvalue weighted by Crippen LogP contribution is 2.37. The number of rotatable bonds is 5. The normalized spacial score (nSPS) is 14.3. The minimum Gasteiger partial charge on any atom is -0.439 e. The van der Waals surface area contributed by atoms with E-state index in [1.54, 1.807) is 4.90 Å². The maximum Gasteiger partial charge on any atom is 0.291 e. The number of fused-ring (bicyclic) bond motifs is 2. The molecule has 4 heterocycles. The molecule has 9 heteroatoms. The van der Waals surface area contributed by atoms with Gasteiger partial charge >= 0.3 is 0 Å². The van der Waals surface area contributed by atoms with E-state index in [0.717, 1.165) is 69.3 Å². The van der Waals surface area contributed by atoms with Crippen LogP contribution in [-0.2, 0) is 37.9 Å². The van der Waals surface area contributed by atoms with E-state index >= 15 is 0 Å². The molecule has 2 aromatic heterocycles. The van der Waals surface area contributed by atoms with Crippen LogP contribution in [0.3, 0.4) is 0 Å². The summed E-state index contributed by atoms with van der Waals surface area (Å²) < 4.78 is 8.04. The van der Waals surface area contributed by atoms with Gasteiger partial charge in [0.05, 0.1) is 18.8 Å². The van der Waals surface area contributed by atoms with E-state index in [4.69, 9.17) is 9.40 Å². The van der Waals surface area contributed by atoms with Crippen molar-refractivity contribution in [1.82, 2.24) is 24.8 Å². The van der Waals surface area contributed by atoms with Crippen LogP contribution in [0.4, 0.5) is 5.69 Å². The lowest BCUT2D eigenvalue weighted by atomic mass is 9.93. The first-order chi connectivity index (χ1) is 18.9. The smallest absolute Gasteiger partial charge is 0.291 e. The van der Waals surface area contributed by atoms with Crippen LogP contribution in [0.15, 0.2) is 40.8 Å². The number of benzene rings is 2. The van der Waals surface area contributed by atoms with E-state index in [0.29, 0.717) is 37.8 Å². The number of hydrogen-bond donors (Lipinski definition) is 2. The minimum absolute atomic E-state index is 0.102. The fourth-order valence-corrected chi connectivity index (χ4v) is 5.61. The largest absolute Gasteiger partial charge is 0.439 e. The van der Waals surface area contributed by atoms with Crippen molar-refractivity contribution in [2.75, 3.05) is 11.9 Å². The molecule has 0 spiro atoms. The van der Waals surface area contributed by atoms with Gasteiger partial charge in [-0.3, -0.25) is 9.59 Å². The summed E-state index contributed by atoms with van der Waals surface area (Å²) in [6.07, 6.45) is 1.33. The van der Waals surface area contributed by atoms with Gasteiger partial charge in [0.2, 0.25) is 11.8 Å². The average Bonchev–Trinajstić information content (AvgIpc) is 3.62. The molecule has 0 radical (unpaired) electrons. The quantitative estimate of drug-likeness (QED) is 0.398. The molecule has 0 saturated heterocycles. The van der Waals surface area contributed by atoms with Gasteiger partial charge in [-0.1, -0.05) is 31.2 Å². The molecule has 39 heavy (non-hydrogen) atoms. The topological polar surface area (TPSA) is 105 Å². The van der Waals surface area contributed by atoms with Crippen molar-refractivity contribution in [3.8, 4) is 22.6 Å². The molecule has 0 atom stereocenters. The SMILES string of the molecule is CCC(=O)N1Cc2nc(-c3cccc(-c4cccc(NC(=O)c5nc6c(n5C)CCNC6)c4C)c3C)oc2C1. The van der Waals surface area contributed by atoms with Gasteiger partial charge in [0.25, 0.3) is 5.91 Å². The molecule has 4 aromatic rings. The number of oxazole rings is 1. The summed E-state index contributed by atoms with van der Waals surface area (Å²) in [6, 6.07) is 12.0. The highest BCUT2D eigenvalue weighted by molar-refractivity contribution is 6.03. The second-order valence-corrected chi connectivity index (χ2v) is 10.2. The lowest BCUT2D eigenvalue weighted by Crippen LogP contribution is -2.24. The highest BCUT2D eigenvalue weighted by atomic mass is 16.4. The molecule has 0 bridgehead atoms. The molecule has 6 rings (SSSR count). The highest BCUT2D eigenvalue weighted by Gasteiger charge is 2.29. The minimum atomic E-state index is -0.220. The second-order valence-electron chi connectivity index (χ2n) is 10.2. The van der Waals surface area contributed by atoms with Crippen LogP contribution in [-0.4, -0.2) is 37.8 Å². The van der Waals surface area contributed by atoms with E-state index in [1.165, 1.54) is 0 Å². The molecule has 9 nitrogen and oxygen atoms in total. The number of carbonyl (C=O) groups excluding carboxylic acids is 2. The summed E-state index contributed by atoms with van der Waals surface area (Å²) in [6.45, 7) is 8.46. The van der Waals surface area contributed by atoms with Gasteiger partial charge in [0.15, 0.2) is 5.82 Å². The Kier molecular flexibility index (Phi) is 6.31. The molecule has 0 fully saturated rings. The molecule has 2 aliphatic rings. The van der Waals surface area contributed by atoms with Gasteiger partial charge < -0.3 is 24.5 Å². The number of carbonyl (C=O) groups is 2. The van der Waals surface area contributed by atoms with E-state index in [1.807, 2.05) is 49.7 Å². The molecule has 200 valence electrons. The lowest BCUT2D eigenvalue weighted by molar-refractivity contribution is -0.131. The van der Waals surface area contributed by atoms with Crippen molar-refractivity contribution in [2.24, 2.45) is 7.05 Å². The first-order valence-corrected chi connectivity index (χ1v) is 13.4. The summed E-state index contributed by atoms with van der Waals surface area (Å²) in [4.78, 5) is 36.5. The zero-order chi connectivity index (χ0) is 27.3. The Morgan fingerprint density at radius 3 is 2.49 bits per heavy atom. The van der Waals surface area contributed by atoms with Gasteiger partial charge in [-0.25, -0.2) is 9.97 Å². The molecule has 2 aliphatic heterocycles. The molecular weight excluding hydrogens is 492 g/mol. The molecule has 0 saturated carbocycles. The number of hydrogen-bond acceptors (Lipinski definition) is 6. The summed E-state index contributed by atoms with van der Waals surface area (Å²) >= 11 is 0. The van der Waals surface area contributed by atoms with Crippen LogP contribution in [0.25, 0.3) is 22.6 Å². The van der Waals surface area contributed by atoms with Crippen LogP contribution < -0.4 is 10.6 Å². The van der Waals surface area contributed by atoms with Crippen molar-refractivity contribution in [3.63, 3.8) is 0 Å². The number of amides is 2. The third-order valence-corrected chi connectivity index (χ3v) is 7.88. The summed E-state index contributed by atoms with van der Waals surface area (Å²) in [7, 11) is 1.90. The monoisotopic (exact) mass is 524 g/mol. The Hall–Kier alpha value is -4.24. The van der Waals surface area contributed by atoms with Crippen LogP contribution in [0, 0.1) is 13.8 Å². The Balaban J connectivity index is 1.28. The van der Waals surface area contributed by atoms with Crippen molar-refractivity contribution in [1.29, 1.82) is 0 Å². The van der Waals surface area contributed by atoms with Gasteiger partial charge in [-0.15, -0.1) is 0 Å². The maximum absolute atomic E-state index is 13.3. The summed E-state index contributed by atoms with van der Waals surface area (Å²) in [5, 5.41) is 6.40. The number of aromatic nitrogens is 3. The third-order valence-electron chi connectivity index (χ3n) is 7.88. The van der Waals surface area contributed by atoms with E-state index in [-0.39, 0.29) is 11.8 Å². The van der Waals surface area contributed by atoms with Gasteiger partial charge in [-0.05, 0) is 48.2 Å². The molecule has 0 unspecified atom stereocenters. The van der Waals surface area contributed by atoms with Crippen molar-refractivity contribution in [2.45, 2.75) is 53.2 Å². The van der Waals surface area contributed by atoms with Crippen LogP contribution in [0.5, 0.6) is 0 Å². The van der Waals surface area contributed by atoms with E-state index < -0.39 is 0 Å². The lowest BCUT2D eigenvalue weighted by Gasteiger charge is -2.16. The fourth-order valence-electron chi connectivity index (χ4n) is 5.61. The van der Waals surface area contributed by atoms with E-state index in [2.05, 4.69) is 34.7 Å². The number of nitrogens with zero attached hydrogens (tertiary/aromatic N) is 4. The Bertz CT molecular complexity index is 1590. The maximum atomic E-state index is 13.3. The number of anilines is 1. The molecule has 2 aromatic carbocycles. The Morgan fingerprint density at radius 1 is 1.00 bits per heavy atom. The number of nitrogens with one attached hydrogen (secondary N) is 2. The van der Waals surface area contributed by atoms with Crippen molar-refractivity contribution in [3.05, 3.63) is 76.2 Å². The van der Waals surface area contributed by atoms with Crippen LogP contribution >= 0.6 is 0 Å². The third kappa shape index (κ3) is 4.32. The van der Waals surface area contributed by atoms with E-state index in [9.17, 15) is 9.59 Å². The predicted octanol–water partition coefficient (Wildman–Crippen LogP) is 4.51. The zero-order valence-electron chi connectivity index (χ0n) is 22.7. The summed E-state index contributed by atoms with van der Waals surface area (Å²) in [5.41, 5.74) is 8.60. The molecular formula is C30H32N6O3. The molecule has 2 N–H and O–H groups in total. The second kappa shape index (κ2) is 9.81. The average molecular weight is 525 g/mol. The first-order valence-electron chi connectivity index (χ1n) is 13.4. The van der Waals surface area contributed by atoms with Gasteiger partial charge in [-0.2, -0.15) is 0 Å². The van der Waals surface area contributed by atoms with Gasteiger partial charge in [0.1, 0.15) is 11.5 Å². The molecule has 2 amide bonds.